The van der Waals surface area contributed by atoms with Gasteiger partial charge in [0, 0.05) is 5.56 Å². The van der Waals surface area contributed by atoms with Gasteiger partial charge in [-0.15, -0.1) is 0 Å². The maximum atomic E-state index is 9.03. The zero-order valence-electron chi connectivity index (χ0n) is 12.3. The second kappa shape index (κ2) is 5.02. The van der Waals surface area contributed by atoms with Crippen molar-refractivity contribution in [2.45, 2.75) is 46.5 Å². The maximum absolute atomic E-state index is 9.03. The van der Waals surface area contributed by atoms with Crippen molar-refractivity contribution in [3.05, 3.63) is 29.3 Å². The van der Waals surface area contributed by atoms with Crippen molar-refractivity contribution in [2.75, 3.05) is 7.11 Å². The Morgan fingerprint density at radius 3 is 2.22 bits per heavy atom. The Labute approximate surface area is 111 Å². The number of hydrogen-bond donors (Lipinski definition) is 0. The number of nitrogens with zero attached hydrogens (tertiary/aromatic N) is 1. The van der Waals surface area contributed by atoms with Crippen LogP contribution in [0.1, 0.15) is 52.2 Å². The lowest BCUT2D eigenvalue weighted by molar-refractivity contribution is 0.277. The highest BCUT2D eigenvalue weighted by Crippen LogP contribution is 2.40. The smallest absolute Gasteiger partial charge is 0.122 e. The monoisotopic (exact) mass is 245 g/mol. The van der Waals surface area contributed by atoms with Gasteiger partial charge in [0.25, 0.3) is 0 Å². The number of nitriles is 1. The van der Waals surface area contributed by atoms with E-state index >= 15 is 0 Å². The molecule has 0 spiro atoms. The van der Waals surface area contributed by atoms with E-state index < -0.39 is 0 Å². The third kappa shape index (κ3) is 3.50. The molecule has 0 aliphatic heterocycles. The second-order valence-corrected chi connectivity index (χ2v) is 6.65. The van der Waals surface area contributed by atoms with E-state index in [-0.39, 0.29) is 10.8 Å². The fourth-order valence-corrected chi connectivity index (χ4v) is 2.73. The summed E-state index contributed by atoms with van der Waals surface area (Å²) in [7, 11) is 1.68. The fourth-order valence-electron chi connectivity index (χ4n) is 2.73. The molecule has 0 aromatic heterocycles. The van der Waals surface area contributed by atoms with E-state index in [4.69, 9.17) is 10.00 Å². The third-order valence-corrected chi connectivity index (χ3v) is 3.03. The molecule has 18 heavy (non-hydrogen) atoms. The first kappa shape index (κ1) is 14.6. The Balaban J connectivity index is 3.25. The van der Waals surface area contributed by atoms with Gasteiger partial charge >= 0.3 is 0 Å². The highest BCUT2D eigenvalue weighted by molar-refractivity contribution is 5.45. The summed E-state index contributed by atoms with van der Waals surface area (Å²) in [5.41, 5.74) is 2.01. The molecule has 2 heteroatoms. The van der Waals surface area contributed by atoms with Crippen molar-refractivity contribution in [2.24, 2.45) is 5.41 Å². The molecule has 0 unspecified atom stereocenters. The molecule has 1 aromatic carbocycles. The molecule has 2 nitrogen and oxygen atoms in total. The molecule has 0 fully saturated rings. The predicted molar refractivity (Wildman–Crippen MR) is 74.8 cm³/mol. The Morgan fingerprint density at radius 1 is 1.17 bits per heavy atom. The summed E-state index contributed by atoms with van der Waals surface area (Å²) >= 11 is 0. The van der Waals surface area contributed by atoms with Gasteiger partial charge in [0.2, 0.25) is 0 Å². The van der Waals surface area contributed by atoms with Gasteiger partial charge in [-0.2, -0.15) is 5.26 Å². The van der Waals surface area contributed by atoms with E-state index in [9.17, 15) is 0 Å². The summed E-state index contributed by atoms with van der Waals surface area (Å²) in [5, 5.41) is 9.03. The van der Waals surface area contributed by atoms with Crippen LogP contribution in [0.5, 0.6) is 5.75 Å². The Hall–Kier alpha value is -1.49. The van der Waals surface area contributed by atoms with E-state index in [0.717, 1.165) is 17.7 Å². The lowest BCUT2D eigenvalue weighted by Crippen LogP contribution is -2.25. The van der Waals surface area contributed by atoms with E-state index in [2.05, 4.69) is 40.7 Å². The Morgan fingerprint density at radius 2 is 1.78 bits per heavy atom. The maximum Gasteiger partial charge on any atom is 0.122 e. The minimum absolute atomic E-state index is 0.0174. The van der Waals surface area contributed by atoms with Gasteiger partial charge < -0.3 is 4.74 Å². The minimum Gasteiger partial charge on any atom is -0.496 e. The number of rotatable bonds is 3. The second-order valence-electron chi connectivity index (χ2n) is 6.65. The van der Waals surface area contributed by atoms with Gasteiger partial charge in [0.15, 0.2) is 0 Å². The Kier molecular flexibility index (Phi) is 4.06. The van der Waals surface area contributed by atoms with Crippen LogP contribution in [-0.2, 0) is 5.41 Å². The molecule has 1 rings (SSSR count). The van der Waals surface area contributed by atoms with Gasteiger partial charge in [-0.25, -0.2) is 0 Å². The highest BCUT2D eigenvalue weighted by atomic mass is 16.5. The molecule has 0 aliphatic rings. The summed E-state index contributed by atoms with van der Waals surface area (Å²) in [5.74, 6) is 0.864. The standard InChI is InChI=1S/C16H23NO/c1-15(2,3)11-16(4,5)13-9-12(10-17)7-8-14(13)18-6/h7-9H,11H2,1-6H3. The lowest BCUT2D eigenvalue weighted by atomic mass is 9.72. The van der Waals surface area contributed by atoms with Gasteiger partial charge in [0.1, 0.15) is 5.75 Å². The van der Waals surface area contributed by atoms with Crippen LogP contribution in [0.3, 0.4) is 0 Å². The first-order valence-corrected chi connectivity index (χ1v) is 6.28. The summed E-state index contributed by atoms with van der Waals surface area (Å²) in [6, 6.07) is 7.84. The average molecular weight is 245 g/mol. The molecule has 0 amide bonds. The van der Waals surface area contributed by atoms with Crippen molar-refractivity contribution >= 4 is 0 Å². The molecule has 0 bridgehead atoms. The van der Waals surface area contributed by atoms with Crippen molar-refractivity contribution in [3.8, 4) is 11.8 Å². The van der Waals surface area contributed by atoms with Gasteiger partial charge in [-0.05, 0) is 35.4 Å². The highest BCUT2D eigenvalue weighted by Gasteiger charge is 2.30. The molecule has 0 atom stereocenters. The first-order valence-electron chi connectivity index (χ1n) is 6.28. The fraction of sp³-hybridized carbons (Fsp3) is 0.562. The van der Waals surface area contributed by atoms with E-state index in [0.29, 0.717) is 5.56 Å². The van der Waals surface area contributed by atoms with Crippen LogP contribution in [0.25, 0.3) is 0 Å². The van der Waals surface area contributed by atoms with Crippen molar-refractivity contribution in [1.29, 1.82) is 5.26 Å². The molecule has 0 heterocycles. The molecular weight excluding hydrogens is 222 g/mol. The van der Waals surface area contributed by atoms with Crippen LogP contribution in [0.4, 0.5) is 0 Å². The molecule has 0 saturated carbocycles. The predicted octanol–water partition coefficient (Wildman–Crippen LogP) is 4.28. The van der Waals surface area contributed by atoms with Gasteiger partial charge in [-0.1, -0.05) is 34.6 Å². The van der Waals surface area contributed by atoms with Crippen LogP contribution in [0.15, 0.2) is 18.2 Å². The molecule has 0 radical (unpaired) electrons. The average Bonchev–Trinajstić information content (AvgIpc) is 2.25. The summed E-state index contributed by atoms with van der Waals surface area (Å²) in [6.45, 7) is 11.1. The van der Waals surface area contributed by atoms with Crippen LogP contribution in [0, 0.1) is 16.7 Å². The number of ether oxygens (including phenoxy) is 1. The van der Waals surface area contributed by atoms with Crippen molar-refractivity contribution in [1.82, 2.24) is 0 Å². The molecule has 0 aliphatic carbocycles. The zero-order chi connectivity index (χ0) is 14.0. The van der Waals surface area contributed by atoms with E-state index in [1.807, 2.05) is 12.1 Å². The lowest BCUT2D eigenvalue weighted by Gasteiger charge is -2.34. The van der Waals surface area contributed by atoms with E-state index in [1.165, 1.54) is 0 Å². The van der Waals surface area contributed by atoms with Gasteiger partial charge in [-0.3, -0.25) is 0 Å². The van der Waals surface area contributed by atoms with Crippen molar-refractivity contribution in [3.63, 3.8) is 0 Å². The molecule has 98 valence electrons. The van der Waals surface area contributed by atoms with Crippen LogP contribution < -0.4 is 4.74 Å². The van der Waals surface area contributed by atoms with Crippen molar-refractivity contribution < 1.29 is 4.74 Å². The molecule has 0 saturated heterocycles. The largest absolute Gasteiger partial charge is 0.496 e. The quantitative estimate of drug-likeness (QED) is 0.796. The Bertz CT molecular complexity index is 461. The van der Waals surface area contributed by atoms with Crippen LogP contribution in [-0.4, -0.2) is 7.11 Å². The number of methoxy groups -OCH3 is 1. The summed E-state index contributed by atoms with van der Waals surface area (Å²) < 4.78 is 5.44. The summed E-state index contributed by atoms with van der Waals surface area (Å²) in [4.78, 5) is 0. The zero-order valence-corrected chi connectivity index (χ0v) is 12.3. The first-order chi connectivity index (χ1) is 8.19. The van der Waals surface area contributed by atoms with Crippen LogP contribution in [0.2, 0.25) is 0 Å². The topological polar surface area (TPSA) is 33.0 Å². The third-order valence-electron chi connectivity index (χ3n) is 3.03. The van der Waals surface area contributed by atoms with Gasteiger partial charge in [0.05, 0.1) is 18.7 Å². The van der Waals surface area contributed by atoms with E-state index in [1.54, 1.807) is 13.2 Å². The molecule has 0 N–H and O–H groups in total. The molecule has 1 aromatic rings. The summed E-state index contributed by atoms with van der Waals surface area (Å²) in [6.07, 6.45) is 1.03. The van der Waals surface area contributed by atoms with Crippen LogP contribution >= 0.6 is 0 Å². The SMILES string of the molecule is COc1ccc(C#N)cc1C(C)(C)CC(C)(C)C. The normalized spacial score (nSPS) is 12.1. The molecular formula is C16H23NO. The number of benzene rings is 1. The minimum atomic E-state index is -0.0174. The number of hydrogen-bond acceptors (Lipinski definition) is 2.